The van der Waals surface area contributed by atoms with Gasteiger partial charge in [-0.3, -0.25) is 4.79 Å². The maximum atomic E-state index is 11.6. The molecule has 0 bridgehead atoms. The van der Waals surface area contributed by atoms with Crippen LogP contribution in [0.15, 0.2) is 0 Å². The molecule has 1 heterocycles. The topological polar surface area (TPSA) is 64.4 Å². The summed E-state index contributed by atoms with van der Waals surface area (Å²) in [5, 5.41) is 3.01. The Bertz CT molecular complexity index is 226. The Morgan fingerprint density at radius 2 is 2.14 bits per heavy atom. The molecule has 2 rings (SSSR count). The van der Waals surface area contributed by atoms with E-state index in [1.54, 1.807) is 0 Å². The highest BCUT2D eigenvalue weighted by molar-refractivity contribution is 5.80. The van der Waals surface area contributed by atoms with Gasteiger partial charge in [0, 0.05) is 12.0 Å². The summed E-state index contributed by atoms with van der Waals surface area (Å²) in [6.07, 6.45) is 2.90. The van der Waals surface area contributed by atoms with Gasteiger partial charge >= 0.3 is 0 Å². The summed E-state index contributed by atoms with van der Waals surface area (Å²) >= 11 is 0. The molecule has 4 nitrogen and oxygen atoms in total. The highest BCUT2D eigenvalue weighted by Gasteiger charge is 2.34. The summed E-state index contributed by atoms with van der Waals surface area (Å²) in [6, 6.07) is 0.457. The third-order valence-corrected chi connectivity index (χ3v) is 3.09. The van der Waals surface area contributed by atoms with Crippen molar-refractivity contribution in [3.8, 4) is 0 Å². The lowest BCUT2D eigenvalue weighted by molar-refractivity contribution is -0.128. The Morgan fingerprint density at radius 3 is 2.64 bits per heavy atom. The third kappa shape index (κ3) is 2.07. The number of ether oxygens (including phenoxy) is 1. The van der Waals surface area contributed by atoms with Crippen molar-refractivity contribution >= 4 is 5.91 Å². The lowest BCUT2D eigenvalue weighted by atomic mass is 9.80. The van der Waals surface area contributed by atoms with E-state index >= 15 is 0 Å². The van der Waals surface area contributed by atoms with Gasteiger partial charge in [0.25, 0.3) is 0 Å². The van der Waals surface area contributed by atoms with Crippen LogP contribution in [0.1, 0.15) is 26.2 Å². The van der Waals surface area contributed by atoms with E-state index in [2.05, 4.69) is 5.32 Å². The first-order valence-electron chi connectivity index (χ1n) is 5.32. The van der Waals surface area contributed by atoms with Gasteiger partial charge in [-0.2, -0.15) is 0 Å². The fourth-order valence-corrected chi connectivity index (χ4v) is 2.11. The number of hydrogen-bond donors (Lipinski definition) is 2. The normalized spacial score (nSPS) is 41.9. The minimum absolute atomic E-state index is 0.154. The number of rotatable bonds is 2. The van der Waals surface area contributed by atoms with Crippen LogP contribution in [-0.4, -0.2) is 30.7 Å². The number of nitrogens with one attached hydrogen (secondary N) is 1. The molecule has 1 aliphatic heterocycles. The molecule has 1 amide bonds. The second kappa shape index (κ2) is 3.87. The van der Waals surface area contributed by atoms with E-state index in [4.69, 9.17) is 10.5 Å². The molecule has 3 N–H and O–H groups in total. The summed E-state index contributed by atoms with van der Waals surface area (Å²) in [7, 11) is 0. The number of amides is 1. The standard InChI is InChI=1S/C10H18N2O2/c1-6-2-9(5-14-6)12-10(13)7-3-8(11)4-7/h6-9H,2-5,11H2,1H3,(H,12,13). The SMILES string of the molecule is CC1CC(NC(=O)C2CC(N)C2)CO1. The van der Waals surface area contributed by atoms with Gasteiger partial charge in [0.05, 0.1) is 18.8 Å². The van der Waals surface area contributed by atoms with E-state index < -0.39 is 0 Å². The fraction of sp³-hybridized carbons (Fsp3) is 0.900. The molecule has 0 spiro atoms. The van der Waals surface area contributed by atoms with Crippen LogP contribution in [0.2, 0.25) is 0 Å². The van der Waals surface area contributed by atoms with Crippen molar-refractivity contribution < 1.29 is 9.53 Å². The van der Waals surface area contributed by atoms with Gasteiger partial charge in [0.1, 0.15) is 0 Å². The van der Waals surface area contributed by atoms with E-state index in [1.165, 1.54) is 0 Å². The summed E-state index contributed by atoms with van der Waals surface area (Å²) < 4.78 is 5.38. The van der Waals surface area contributed by atoms with Crippen LogP contribution < -0.4 is 11.1 Å². The molecular formula is C10H18N2O2. The van der Waals surface area contributed by atoms with Gasteiger partial charge in [0.15, 0.2) is 0 Å². The van der Waals surface area contributed by atoms with E-state index in [9.17, 15) is 4.79 Å². The van der Waals surface area contributed by atoms with Crippen LogP contribution >= 0.6 is 0 Å². The third-order valence-electron chi connectivity index (χ3n) is 3.09. The Hall–Kier alpha value is -0.610. The van der Waals surface area contributed by atoms with E-state index in [0.717, 1.165) is 19.3 Å². The van der Waals surface area contributed by atoms with Crippen molar-refractivity contribution in [2.45, 2.75) is 44.4 Å². The van der Waals surface area contributed by atoms with Crippen molar-refractivity contribution in [3.63, 3.8) is 0 Å². The highest BCUT2D eigenvalue weighted by atomic mass is 16.5. The molecule has 2 atom stereocenters. The summed E-state index contributed by atoms with van der Waals surface area (Å²) in [5.74, 6) is 0.315. The van der Waals surface area contributed by atoms with Crippen molar-refractivity contribution in [1.82, 2.24) is 5.32 Å². The average Bonchev–Trinajstić information content (AvgIpc) is 2.45. The Labute approximate surface area is 84.2 Å². The van der Waals surface area contributed by atoms with Gasteiger partial charge in [0.2, 0.25) is 5.91 Å². The van der Waals surface area contributed by atoms with Gasteiger partial charge in [-0.15, -0.1) is 0 Å². The predicted molar refractivity (Wildman–Crippen MR) is 52.7 cm³/mol. The van der Waals surface area contributed by atoms with Crippen LogP contribution in [0, 0.1) is 5.92 Å². The van der Waals surface area contributed by atoms with Crippen LogP contribution in [0.5, 0.6) is 0 Å². The quantitative estimate of drug-likeness (QED) is 0.657. The number of carbonyl (C=O) groups excluding carboxylic acids is 1. The van der Waals surface area contributed by atoms with E-state index in [0.29, 0.717) is 6.61 Å². The van der Waals surface area contributed by atoms with Crippen LogP contribution in [0.3, 0.4) is 0 Å². The second-order valence-electron chi connectivity index (χ2n) is 4.51. The maximum absolute atomic E-state index is 11.6. The molecule has 0 radical (unpaired) electrons. The van der Waals surface area contributed by atoms with Crippen LogP contribution in [0.4, 0.5) is 0 Å². The molecule has 1 saturated heterocycles. The highest BCUT2D eigenvalue weighted by Crippen LogP contribution is 2.26. The Balaban J connectivity index is 1.72. The van der Waals surface area contributed by atoms with E-state index in [1.807, 2.05) is 6.92 Å². The van der Waals surface area contributed by atoms with E-state index in [-0.39, 0.29) is 30.0 Å². The van der Waals surface area contributed by atoms with Crippen molar-refractivity contribution in [3.05, 3.63) is 0 Å². The van der Waals surface area contributed by atoms with Crippen molar-refractivity contribution in [2.75, 3.05) is 6.61 Å². The molecule has 4 heteroatoms. The monoisotopic (exact) mass is 198 g/mol. The van der Waals surface area contributed by atoms with Gasteiger partial charge < -0.3 is 15.8 Å². The second-order valence-corrected chi connectivity index (χ2v) is 4.51. The molecule has 14 heavy (non-hydrogen) atoms. The predicted octanol–water partition coefficient (Wildman–Crippen LogP) is 0.0173. The zero-order valence-electron chi connectivity index (χ0n) is 8.53. The molecule has 2 unspecified atom stereocenters. The van der Waals surface area contributed by atoms with Crippen molar-refractivity contribution in [1.29, 1.82) is 0 Å². The molecule has 0 aromatic carbocycles. The molecule has 1 saturated carbocycles. The largest absolute Gasteiger partial charge is 0.376 e. The molecule has 80 valence electrons. The number of carbonyl (C=O) groups is 1. The lowest BCUT2D eigenvalue weighted by Crippen LogP contribution is -2.48. The summed E-state index contributed by atoms with van der Waals surface area (Å²) in [5.41, 5.74) is 5.63. The average molecular weight is 198 g/mol. The first kappa shape index (κ1) is 9.93. The molecule has 1 aliphatic carbocycles. The molecule has 2 fully saturated rings. The zero-order valence-corrected chi connectivity index (χ0v) is 8.53. The fourth-order valence-electron chi connectivity index (χ4n) is 2.11. The summed E-state index contributed by atoms with van der Waals surface area (Å²) in [6.45, 7) is 2.69. The molecule has 0 aromatic rings. The minimum atomic E-state index is 0.154. The first-order chi connectivity index (χ1) is 6.65. The van der Waals surface area contributed by atoms with Gasteiger partial charge in [-0.25, -0.2) is 0 Å². The number of nitrogens with two attached hydrogens (primary N) is 1. The molecule has 0 aromatic heterocycles. The smallest absolute Gasteiger partial charge is 0.223 e. The van der Waals surface area contributed by atoms with Crippen LogP contribution in [0.25, 0.3) is 0 Å². The van der Waals surface area contributed by atoms with Crippen molar-refractivity contribution in [2.24, 2.45) is 11.7 Å². The maximum Gasteiger partial charge on any atom is 0.223 e. The summed E-state index contributed by atoms with van der Waals surface area (Å²) in [4.78, 5) is 11.6. The number of hydrogen-bond acceptors (Lipinski definition) is 3. The Morgan fingerprint density at radius 1 is 1.43 bits per heavy atom. The minimum Gasteiger partial charge on any atom is -0.376 e. The van der Waals surface area contributed by atoms with Crippen LogP contribution in [-0.2, 0) is 9.53 Å². The first-order valence-corrected chi connectivity index (χ1v) is 5.32. The van der Waals surface area contributed by atoms with Gasteiger partial charge in [-0.1, -0.05) is 0 Å². The molecular weight excluding hydrogens is 180 g/mol. The zero-order chi connectivity index (χ0) is 10.1. The molecule has 2 aliphatic rings. The lowest BCUT2D eigenvalue weighted by Gasteiger charge is -2.31. The Kier molecular flexibility index (Phi) is 2.74. The van der Waals surface area contributed by atoms with Gasteiger partial charge in [-0.05, 0) is 26.2 Å².